The molecular formula is C13H20N2O2. The van der Waals surface area contributed by atoms with Crippen LogP contribution in [-0.2, 0) is 6.54 Å². The van der Waals surface area contributed by atoms with Gasteiger partial charge in [0.15, 0.2) is 0 Å². The van der Waals surface area contributed by atoms with Crippen molar-refractivity contribution in [1.82, 2.24) is 9.47 Å². The highest BCUT2D eigenvalue weighted by atomic mass is 16.4. The number of carboxylic acid groups (broad SMARTS) is 1. The summed E-state index contributed by atoms with van der Waals surface area (Å²) in [5.41, 5.74) is 1.43. The second-order valence-corrected chi connectivity index (χ2v) is 4.72. The monoisotopic (exact) mass is 236 g/mol. The van der Waals surface area contributed by atoms with E-state index in [4.69, 9.17) is 5.11 Å². The second-order valence-electron chi connectivity index (χ2n) is 4.72. The normalized spacial score (nSPS) is 17.2. The van der Waals surface area contributed by atoms with Gasteiger partial charge in [-0.2, -0.15) is 0 Å². The summed E-state index contributed by atoms with van der Waals surface area (Å²) in [7, 11) is 0. The summed E-state index contributed by atoms with van der Waals surface area (Å²) in [4.78, 5) is 13.5. The zero-order valence-corrected chi connectivity index (χ0v) is 10.4. The maximum absolute atomic E-state index is 11.1. The number of aromatic nitrogens is 1. The summed E-state index contributed by atoms with van der Waals surface area (Å²) in [5, 5.41) is 9.08. The summed E-state index contributed by atoms with van der Waals surface area (Å²) >= 11 is 0. The SMILES string of the molecule is Cc1ccc(C(=O)O)n1CCN1CCCCC1. The van der Waals surface area contributed by atoms with Gasteiger partial charge < -0.3 is 14.6 Å². The molecule has 1 aromatic heterocycles. The molecule has 2 heterocycles. The van der Waals surface area contributed by atoms with Crippen molar-refractivity contribution in [2.75, 3.05) is 19.6 Å². The van der Waals surface area contributed by atoms with Crippen LogP contribution in [0.3, 0.4) is 0 Å². The fourth-order valence-electron chi connectivity index (χ4n) is 2.48. The smallest absolute Gasteiger partial charge is 0.352 e. The Morgan fingerprint density at radius 2 is 1.94 bits per heavy atom. The van der Waals surface area contributed by atoms with Gasteiger partial charge in [-0.05, 0) is 45.0 Å². The number of rotatable bonds is 4. The number of nitrogens with zero attached hydrogens (tertiary/aromatic N) is 2. The predicted octanol–water partition coefficient (Wildman–Crippen LogP) is 1.98. The molecule has 0 bridgehead atoms. The Morgan fingerprint density at radius 1 is 1.24 bits per heavy atom. The lowest BCUT2D eigenvalue weighted by atomic mass is 10.1. The third-order valence-corrected chi connectivity index (χ3v) is 3.51. The predicted molar refractivity (Wildman–Crippen MR) is 66.4 cm³/mol. The van der Waals surface area contributed by atoms with Gasteiger partial charge >= 0.3 is 5.97 Å². The van der Waals surface area contributed by atoms with E-state index in [2.05, 4.69) is 4.90 Å². The molecule has 4 nitrogen and oxygen atoms in total. The lowest BCUT2D eigenvalue weighted by Gasteiger charge is -2.26. The molecule has 1 saturated heterocycles. The minimum absolute atomic E-state index is 0.402. The van der Waals surface area contributed by atoms with E-state index >= 15 is 0 Å². The van der Waals surface area contributed by atoms with Crippen LogP contribution in [0.4, 0.5) is 0 Å². The van der Waals surface area contributed by atoms with Crippen molar-refractivity contribution in [2.45, 2.75) is 32.7 Å². The van der Waals surface area contributed by atoms with Crippen LogP contribution >= 0.6 is 0 Å². The van der Waals surface area contributed by atoms with Gasteiger partial charge in [-0.15, -0.1) is 0 Å². The third-order valence-electron chi connectivity index (χ3n) is 3.51. The van der Waals surface area contributed by atoms with Gasteiger partial charge in [0.2, 0.25) is 0 Å². The number of hydrogen-bond donors (Lipinski definition) is 1. The number of piperidine rings is 1. The average molecular weight is 236 g/mol. The summed E-state index contributed by atoms with van der Waals surface area (Å²) in [6, 6.07) is 3.56. The molecule has 17 heavy (non-hydrogen) atoms. The molecule has 0 spiro atoms. The van der Waals surface area contributed by atoms with E-state index in [1.165, 1.54) is 19.3 Å². The Labute approximate surface area is 102 Å². The quantitative estimate of drug-likeness (QED) is 0.869. The minimum Gasteiger partial charge on any atom is -0.477 e. The van der Waals surface area contributed by atoms with Crippen molar-refractivity contribution in [3.05, 3.63) is 23.5 Å². The van der Waals surface area contributed by atoms with Crippen molar-refractivity contribution >= 4 is 5.97 Å². The van der Waals surface area contributed by atoms with Crippen LogP contribution in [0.15, 0.2) is 12.1 Å². The fraction of sp³-hybridized carbons (Fsp3) is 0.615. The minimum atomic E-state index is -0.836. The molecule has 0 radical (unpaired) electrons. The number of carbonyl (C=O) groups is 1. The molecule has 94 valence electrons. The van der Waals surface area contributed by atoms with Gasteiger partial charge in [-0.25, -0.2) is 4.79 Å². The maximum Gasteiger partial charge on any atom is 0.352 e. The van der Waals surface area contributed by atoms with Gasteiger partial charge in [0.1, 0.15) is 5.69 Å². The molecule has 0 amide bonds. The van der Waals surface area contributed by atoms with Gasteiger partial charge in [-0.1, -0.05) is 6.42 Å². The third kappa shape index (κ3) is 2.88. The first-order chi connectivity index (χ1) is 8.18. The maximum atomic E-state index is 11.1. The van der Waals surface area contributed by atoms with Crippen LogP contribution in [0.5, 0.6) is 0 Å². The Balaban J connectivity index is 1.97. The number of carboxylic acids is 1. The molecule has 1 aliphatic heterocycles. The summed E-state index contributed by atoms with van der Waals surface area (Å²) in [6.45, 7) is 6.00. The number of likely N-dealkylation sites (tertiary alicyclic amines) is 1. The first-order valence-corrected chi connectivity index (χ1v) is 6.30. The van der Waals surface area contributed by atoms with Crippen LogP contribution < -0.4 is 0 Å². The zero-order chi connectivity index (χ0) is 12.3. The molecule has 4 heteroatoms. The molecule has 0 atom stereocenters. The van der Waals surface area contributed by atoms with E-state index in [9.17, 15) is 4.79 Å². The van der Waals surface area contributed by atoms with Crippen molar-refractivity contribution < 1.29 is 9.90 Å². The van der Waals surface area contributed by atoms with Crippen molar-refractivity contribution in [3.8, 4) is 0 Å². The van der Waals surface area contributed by atoms with Gasteiger partial charge in [0.05, 0.1) is 0 Å². The van der Waals surface area contributed by atoms with Crippen LogP contribution in [0, 0.1) is 6.92 Å². The number of aryl methyl sites for hydroxylation is 1. The standard InChI is InChI=1S/C13H20N2O2/c1-11-5-6-12(13(16)17)15(11)10-9-14-7-3-2-4-8-14/h5-6H,2-4,7-10H2,1H3,(H,16,17). The molecule has 0 unspecified atom stereocenters. The first-order valence-electron chi connectivity index (χ1n) is 6.30. The first kappa shape index (κ1) is 12.2. The van der Waals surface area contributed by atoms with E-state index < -0.39 is 5.97 Å². The Kier molecular flexibility index (Phi) is 3.84. The van der Waals surface area contributed by atoms with Gasteiger partial charge in [0.25, 0.3) is 0 Å². The lowest BCUT2D eigenvalue weighted by Crippen LogP contribution is -2.33. The van der Waals surface area contributed by atoms with Crippen LogP contribution in [0.1, 0.15) is 35.4 Å². The van der Waals surface area contributed by atoms with Crippen molar-refractivity contribution in [3.63, 3.8) is 0 Å². The highest BCUT2D eigenvalue weighted by molar-refractivity contribution is 5.86. The lowest BCUT2D eigenvalue weighted by molar-refractivity contribution is 0.0683. The molecule has 1 fully saturated rings. The highest BCUT2D eigenvalue weighted by Gasteiger charge is 2.14. The summed E-state index contributed by atoms with van der Waals surface area (Å²) < 4.78 is 1.90. The molecule has 2 rings (SSSR count). The molecule has 0 aromatic carbocycles. The largest absolute Gasteiger partial charge is 0.477 e. The molecule has 0 aliphatic carbocycles. The molecule has 1 aromatic rings. The van der Waals surface area contributed by atoms with Crippen molar-refractivity contribution in [1.29, 1.82) is 0 Å². The Hall–Kier alpha value is -1.29. The van der Waals surface area contributed by atoms with Gasteiger partial charge in [0, 0.05) is 18.8 Å². The van der Waals surface area contributed by atoms with Crippen LogP contribution in [0.25, 0.3) is 0 Å². The number of aromatic carboxylic acids is 1. The molecule has 0 saturated carbocycles. The highest BCUT2D eigenvalue weighted by Crippen LogP contribution is 2.11. The van der Waals surface area contributed by atoms with E-state index in [1.54, 1.807) is 6.07 Å². The Morgan fingerprint density at radius 3 is 2.59 bits per heavy atom. The van der Waals surface area contributed by atoms with E-state index in [1.807, 2.05) is 17.6 Å². The summed E-state index contributed by atoms with van der Waals surface area (Å²) in [6.07, 6.45) is 3.88. The Bertz CT molecular complexity index is 392. The van der Waals surface area contributed by atoms with Crippen LogP contribution in [-0.4, -0.2) is 40.2 Å². The second kappa shape index (κ2) is 5.36. The van der Waals surface area contributed by atoms with E-state index in [0.29, 0.717) is 5.69 Å². The molecule has 1 N–H and O–H groups in total. The van der Waals surface area contributed by atoms with Crippen molar-refractivity contribution in [2.24, 2.45) is 0 Å². The van der Waals surface area contributed by atoms with E-state index in [0.717, 1.165) is 31.9 Å². The number of hydrogen-bond acceptors (Lipinski definition) is 2. The van der Waals surface area contributed by atoms with Crippen LogP contribution in [0.2, 0.25) is 0 Å². The van der Waals surface area contributed by atoms with E-state index in [-0.39, 0.29) is 0 Å². The molecular weight excluding hydrogens is 216 g/mol. The fourth-order valence-corrected chi connectivity index (χ4v) is 2.48. The van der Waals surface area contributed by atoms with Gasteiger partial charge in [-0.3, -0.25) is 0 Å². The topological polar surface area (TPSA) is 45.5 Å². The average Bonchev–Trinajstić information content (AvgIpc) is 2.69. The molecule has 1 aliphatic rings. The summed E-state index contributed by atoms with van der Waals surface area (Å²) in [5.74, 6) is -0.836. The zero-order valence-electron chi connectivity index (χ0n) is 10.4.